The molecule has 2 aromatic heterocycles. The molecule has 0 aliphatic rings. The average molecular weight is 266 g/mol. The second kappa shape index (κ2) is 6.28. The van der Waals surface area contributed by atoms with Crippen molar-refractivity contribution in [2.75, 3.05) is 0 Å². The fraction of sp³-hybridized carbons (Fsp3) is 0.462. The quantitative estimate of drug-likeness (QED) is 0.838. The maximum atomic E-state index is 4.37. The molecular formula is C13H18N2S2. The molecule has 0 aromatic carbocycles. The summed E-state index contributed by atoms with van der Waals surface area (Å²) in [4.78, 5) is 5.80. The molecule has 0 fully saturated rings. The van der Waals surface area contributed by atoms with E-state index < -0.39 is 0 Å². The minimum absolute atomic E-state index is 0.327. The Hall–Kier alpha value is -0.710. The standard InChI is InChI=1S/C13H18N2S2/c1-3-5-11(12-6-4-8-16-12)15-10(2)13-14-7-9-17-13/h4,6-11,15H,3,5H2,1-2H3. The first kappa shape index (κ1) is 12.7. The van der Waals surface area contributed by atoms with Gasteiger partial charge in [0.1, 0.15) is 5.01 Å². The zero-order chi connectivity index (χ0) is 12.1. The Kier molecular flexibility index (Phi) is 4.71. The summed E-state index contributed by atoms with van der Waals surface area (Å²) >= 11 is 3.55. The van der Waals surface area contributed by atoms with E-state index in [4.69, 9.17) is 0 Å². The van der Waals surface area contributed by atoms with Gasteiger partial charge in [-0.25, -0.2) is 4.98 Å². The molecule has 0 saturated carbocycles. The van der Waals surface area contributed by atoms with E-state index in [1.165, 1.54) is 22.7 Å². The van der Waals surface area contributed by atoms with Crippen LogP contribution in [0.3, 0.4) is 0 Å². The summed E-state index contributed by atoms with van der Waals surface area (Å²) in [6.45, 7) is 4.42. The molecule has 4 heteroatoms. The molecule has 0 amide bonds. The monoisotopic (exact) mass is 266 g/mol. The Morgan fingerprint density at radius 2 is 2.24 bits per heavy atom. The second-order valence-electron chi connectivity index (χ2n) is 4.12. The van der Waals surface area contributed by atoms with E-state index in [0.717, 1.165) is 0 Å². The molecule has 17 heavy (non-hydrogen) atoms. The van der Waals surface area contributed by atoms with Crippen LogP contribution in [0, 0.1) is 0 Å². The van der Waals surface area contributed by atoms with Crippen LogP contribution in [0.2, 0.25) is 0 Å². The number of rotatable bonds is 6. The van der Waals surface area contributed by atoms with Crippen molar-refractivity contribution in [3.8, 4) is 0 Å². The van der Waals surface area contributed by atoms with Crippen molar-refractivity contribution in [2.24, 2.45) is 0 Å². The van der Waals surface area contributed by atoms with Gasteiger partial charge in [-0.2, -0.15) is 0 Å². The lowest BCUT2D eigenvalue weighted by Crippen LogP contribution is -2.23. The maximum Gasteiger partial charge on any atom is 0.109 e. The number of hydrogen-bond acceptors (Lipinski definition) is 4. The molecule has 1 N–H and O–H groups in total. The van der Waals surface area contributed by atoms with Crippen LogP contribution >= 0.6 is 22.7 Å². The summed E-state index contributed by atoms with van der Waals surface area (Å²) < 4.78 is 0. The molecule has 2 unspecified atom stereocenters. The molecule has 0 saturated heterocycles. The largest absolute Gasteiger partial charge is 0.300 e. The van der Waals surface area contributed by atoms with Crippen LogP contribution in [-0.4, -0.2) is 4.98 Å². The van der Waals surface area contributed by atoms with Gasteiger partial charge in [0.05, 0.1) is 6.04 Å². The lowest BCUT2D eigenvalue weighted by Gasteiger charge is -2.20. The van der Waals surface area contributed by atoms with Gasteiger partial charge in [0.15, 0.2) is 0 Å². The third-order valence-electron chi connectivity index (χ3n) is 2.74. The van der Waals surface area contributed by atoms with Crippen LogP contribution in [0.15, 0.2) is 29.1 Å². The minimum atomic E-state index is 0.327. The van der Waals surface area contributed by atoms with Crippen molar-refractivity contribution >= 4 is 22.7 Å². The minimum Gasteiger partial charge on any atom is -0.300 e. The van der Waals surface area contributed by atoms with Gasteiger partial charge in [-0.1, -0.05) is 19.4 Å². The van der Waals surface area contributed by atoms with Gasteiger partial charge >= 0.3 is 0 Å². The first-order valence-corrected chi connectivity index (χ1v) is 7.76. The predicted molar refractivity (Wildman–Crippen MR) is 75.6 cm³/mol. The molecule has 0 aliphatic carbocycles. The fourth-order valence-corrected chi connectivity index (χ4v) is 3.38. The summed E-state index contributed by atoms with van der Waals surface area (Å²) in [5.74, 6) is 0. The summed E-state index contributed by atoms with van der Waals surface area (Å²) in [6, 6.07) is 5.12. The molecule has 0 spiro atoms. The van der Waals surface area contributed by atoms with E-state index in [1.807, 2.05) is 22.9 Å². The normalized spacial score (nSPS) is 14.7. The summed E-state index contributed by atoms with van der Waals surface area (Å²) in [6.07, 6.45) is 4.24. The van der Waals surface area contributed by atoms with Gasteiger partial charge in [0.2, 0.25) is 0 Å². The Morgan fingerprint density at radius 3 is 2.82 bits per heavy atom. The van der Waals surface area contributed by atoms with E-state index in [2.05, 4.69) is 41.7 Å². The van der Waals surface area contributed by atoms with Crippen molar-refractivity contribution in [2.45, 2.75) is 38.8 Å². The predicted octanol–water partition coefficient (Wildman–Crippen LogP) is 4.40. The first-order chi connectivity index (χ1) is 8.31. The van der Waals surface area contributed by atoms with Crippen LogP contribution in [-0.2, 0) is 0 Å². The molecule has 0 aliphatic heterocycles. The number of aromatic nitrogens is 1. The molecule has 2 nitrogen and oxygen atoms in total. The highest BCUT2D eigenvalue weighted by molar-refractivity contribution is 7.10. The van der Waals surface area contributed by atoms with E-state index in [9.17, 15) is 0 Å². The number of thiophene rings is 1. The van der Waals surface area contributed by atoms with Crippen LogP contribution in [0.1, 0.15) is 48.7 Å². The van der Waals surface area contributed by atoms with Crippen molar-refractivity contribution in [3.63, 3.8) is 0 Å². The second-order valence-corrected chi connectivity index (χ2v) is 6.02. The highest BCUT2D eigenvalue weighted by atomic mass is 32.1. The van der Waals surface area contributed by atoms with Gasteiger partial charge < -0.3 is 5.32 Å². The Bertz CT molecular complexity index is 409. The highest BCUT2D eigenvalue weighted by Gasteiger charge is 2.16. The lowest BCUT2D eigenvalue weighted by atomic mass is 10.1. The Labute approximate surface area is 111 Å². The van der Waals surface area contributed by atoms with Crippen molar-refractivity contribution in [1.29, 1.82) is 0 Å². The molecule has 2 heterocycles. The summed E-state index contributed by atoms with van der Waals surface area (Å²) in [5.41, 5.74) is 0. The molecule has 2 atom stereocenters. The van der Waals surface area contributed by atoms with Crippen molar-refractivity contribution < 1.29 is 0 Å². The zero-order valence-corrected chi connectivity index (χ0v) is 11.9. The summed E-state index contributed by atoms with van der Waals surface area (Å²) in [7, 11) is 0. The van der Waals surface area contributed by atoms with Crippen LogP contribution in [0.5, 0.6) is 0 Å². The smallest absolute Gasteiger partial charge is 0.109 e. The fourth-order valence-electron chi connectivity index (χ4n) is 1.91. The van der Waals surface area contributed by atoms with E-state index >= 15 is 0 Å². The number of thiazole rings is 1. The molecule has 2 aromatic rings. The van der Waals surface area contributed by atoms with Crippen molar-refractivity contribution in [1.82, 2.24) is 10.3 Å². The Balaban J connectivity index is 2.03. The van der Waals surface area contributed by atoms with Gasteiger partial charge in [-0.15, -0.1) is 22.7 Å². The van der Waals surface area contributed by atoms with Gasteiger partial charge in [-0.05, 0) is 24.8 Å². The Morgan fingerprint density at radius 1 is 1.35 bits per heavy atom. The first-order valence-electron chi connectivity index (χ1n) is 6.00. The maximum absolute atomic E-state index is 4.37. The van der Waals surface area contributed by atoms with Crippen molar-refractivity contribution in [3.05, 3.63) is 39.0 Å². The van der Waals surface area contributed by atoms with E-state index in [-0.39, 0.29) is 0 Å². The zero-order valence-electron chi connectivity index (χ0n) is 10.2. The molecule has 2 rings (SSSR count). The molecule has 0 bridgehead atoms. The van der Waals surface area contributed by atoms with E-state index in [1.54, 1.807) is 11.3 Å². The third kappa shape index (κ3) is 3.37. The highest BCUT2D eigenvalue weighted by Crippen LogP contribution is 2.27. The third-order valence-corrected chi connectivity index (χ3v) is 4.68. The number of nitrogens with zero attached hydrogens (tertiary/aromatic N) is 1. The molecular weight excluding hydrogens is 248 g/mol. The lowest BCUT2D eigenvalue weighted by molar-refractivity contribution is 0.444. The number of nitrogens with one attached hydrogen (secondary N) is 1. The molecule has 92 valence electrons. The van der Waals surface area contributed by atoms with Gasteiger partial charge in [0, 0.05) is 22.5 Å². The topological polar surface area (TPSA) is 24.9 Å². The van der Waals surface area contributed by atoms with Gasteiger partial charge in [-0.3, -0.25) is 0 Å². The SMILES string of the molecule is CCCC(NC(C)c1nccs1)c1cccs1. The molecule has 0 radical (unpaired) electrons. The average Bonchev–Trinajstić information content (AvgIpc) is 3.01. The van der Waals surface area contributed by atoms with Crippen LogP contribution in [0.25, 0.3) is 0 Å². The number of hydrogen-bond donors (Lipinski definition) is 1. The van der Waals surface area contributed by atoms with E-state index in [0.29, 0.717) is 12.1 Å². The summed E-state index contributed by atoms with van der Waals surface area (Å²) in [5, 5.41) is 9.03. The van der Waals surface area contributed by atoms with Gasteiger partial charge in [0.25, 0.3) is 0 Å². The van der Waals surface area contributed by atoms with Crippen LogP contribution in [0.4, 0.5) is 0 Å². The van der Waals surface area contributed by atoms with Crippen LogP contribution < -0.4 is 5.32 Å².